The molecule has 0 fully saturated rings. The van der Waals surface area contributed by atoms with Crippen molar-refractivity contribution in [2.24, 2.45) is 0 Å². The lowest BCUT2D eigenvalue weighted by Gasteiger charge is -2.08. The van der Waals surface area contributed by atoms with Crippen molar-refractivity contribution in [1.82, 2.24) is 4.98 Å². The summed E-state index contributed by atoms with van der Waals surface area (Å²) in [4.78, 5) is 28.7. The van der Waals surface area contributed by atoms with Crippen LogP contribution < -0.4 is 10.6 Å². The maximum absolute atomic E-state index is 13.2. The lowest BCUT2D eigenvalue weighted by atomic mass is 10.1. The zero-order chi connectivity index (χ0) is 20.1. The zero-order valence-corrected chi connectivity index (χ0v) is 15.0. The van der Waals surface area contributed by atoms with Crippen molar-refractivity contribution in [3.05, 3.63) is 88.5 Å². The number of halogens is 2. The summed E-state index contributed by atoms with van der Waals surface area (Å²) in [7, 11) is 0. The molecule has 1 aromatic heterocycles. The van der Waals surface area contributed by atoms with Crippen molar-refractivity contribution in [1.29, 1.82) is 5.26 Å². The van der Waals surface area contributed by atoms with Crippen molar-refractivity contribution in [2.75, 3.05) is 10.6 Å². The number of aromatic nitrogens is 1. The Hall–Kier alpha value is -3.76. The summed E-state index contributed by atoms with van der Waals surface area (Å²) in [5.74, 6) is -1.61. The number of hydrogen-bond donors (Lipinski definition) is 2. The van der Waals surface area contributed by atoms with E-state index >= 15 is 0 Å². The van der Waals surface area contributed by atoms with Crippen LogP contribution in [0.3, 0.4) is 0 Å². The van der Waals surface area contributed by atoms with Crippen molar-refractivity contribution >= 4 is 34.8 Å². The smallest absolute Gasteiger partial charge is 0.257 e. The molecule has 0 saturated carbocycles. The Morgan fingerprint density at radius 3 is 2.21 bits per heavy atom. The van der Waals surface area contributed by atoms with Gasteiger partial charge in [-0.2, -0.15) is 5.26 Å². The molecule has 3 aromatic rings. The summed E-state index contributed by atoms with van der Waals surface area (Å²) in [5.41, 5.74) is 1.45. The number of nitrogens with one attached hydrogen (secondary N) is 2. The third kappa shape index (κ3) is 4.50. The number of benzene rings is 2. The van der Waals surface area contributed by atoms with Crippen LogP contribution >= 0.6 is 11.6 Å². The van der Waals surface area contributed by atoms with Gasteiger partial charge in [-0.3, -0.25) is 14.6 Å². The van der Waals surface area contributed by atoms with Gasteiger partial charge in [0.05, 0.1) is 27.8 Å². The van der Waals surface area contributed by atoms with Crippen LogP contribution in [-0.2, 0) is 0 Å². The SMILES string of the molecule is N#Cc1cccc(NC(=O)c2cncc(C(=O)Nc3ccc(F)c(Cl)c3)c2)c1. The van der Waals surface area contributed by atoms with Gasteiger partial charge in [-0.1, -0.05) is 17.7 Å². The Morgan fingerprint density at radius 1 is 0.964 bits per heavy atom. The quantitative estimate of drug-likeness (QED) is 0.691. The number of anilines is 2. The Bertz CT molecular complexity index is 1110. The second-order valence-electron chi connectivity index (χ2n) is 5.69. The van der Waals surface area contributed by atoms with Crippen molar-refractivity contribution < 1.29 is 14.0 Å². The number of carbonyl (C=O) groups is 2. The molecule has 1 heterocycles. The number of pyridine rings is 1. The minimum atomic E-state index is -0.597. The van der Waals surface area contributed by atoms with Crippen LogP contribution in [0.15, 0.2) is 60.9 Å². The normalized spacial score (nSPS) is 10.0. The second-order valence-corrected chi connectivity index (χ2v) is 6.10. The maximum atomic E-state index is 13.2. The largest absolute Gasteiger partial charge is 0.322 e. The van der Waals surface area contributed by atoms with Crippen LogP contribution in [0.25, 0.3) is 0 Å². The predicted molar refractivity (Wildman–Crippen MR) is 103 cm³/mol. The first-order chi connectivity index (χ1) is 13.5. The molecule has 2 aromatic carbocycles. The van der Waals surface area contributed by atoms with Crippen molar-refractivity contribution in [2.45, 2.75) is 0 Å². The molecule has 0 atom stereocenters. The van der Waals surface area contributed by atoms with Gasteiger partial charge in [0.1, 0.15) is 5.82 Å². The van der Waals surface area contributed by atoms with Gasteiger partial charge in [-0.15, -0.1) is 0 Å². The topological polar surface area (TPSA) is 94.9 Å². The van der Waals surface area contributed by atoms with Gasteiger partial charge in [0, 0.05) is 23.8 Å². The highest BCUT2D eigenvalue weighted by Gasteiger charge is 2.13. The van der Waals surface area contributed by atoms with Crippen LogP contribution in [0.4, 0.5) is 15.8 Å². The first-order valence-corrected chi connectivity index (χ1v) is 8.37. The Balaban J connectivity index is 1.75. The van der Waals surface area contributed by atoms with Crippen LogP contribution in [-0.4, -0.2) is 16.8 Å². The van der Waals surface area contributed by atoms with E-state index in [1.807, 2.05) is 6.07 Å². The molecule has 3 rings (SSSR count). The minimum absolute atomic E-state index is 0.122. The summed E-state index contributed by atoms with van der Waals surface area (Å²) >= 11 is 5.70. The highest BCUT2D eigenvalue weighted by Crippen LogP contribution is 2.20. The lowest BCUT2D eigenvalue weighted by Crippen LogP contribution is -2.16. The van der Waals surface area contributed by atoms with E-state index in [1.54, 1.807) is 18.2 Å². The standard InChI is InChI=1S/C20H12ClFN4O2/c21-17-8-16(4-5-18(17)22)26-20(28)14-7-13(10-24-11-14)19(27)25-15-3-1-2-12(6-15)9-23/h1-8,10-11H,(H,25,27)(H,26,28). The van der Waals surface area contributed by atoms with Crippen LogP contribution in [0.5, 0.6) is 0 Å². The van der Waals surface area contributed by atoms with Gasteiger partial charge in [0.25, 0.3) is 11.8 Å². The zero-order valence-electron chi connectivity index (χ0n) is 14.2. The molecule has 28 heavy (non-hydrogen) atoms. The third-order valence-electron chi connectivity index (χ3n) is 3.69. The molecule has 0 aliphatic rings. The Morgan fingerprint density at radius 2 is 1.61 bits per heavy atom. The van der Waals surface area contributed by atoms with E-state index in [0.717, 1.165) is 6.07 Å². The highest BCUT2D eigenvalue weighted by molar-refractivity contribution is 6.31. The van der Waals surface area contributed by atoms with Crippen LogP contribution in [0.1, 0.15) is 26.3 Å². The monoisotopic (exact) mass is 394 g/mol. The van der Waals surface area contributed by atoms with E-state index < -0.39 is 17.6 Å². The molecule has 8 heteroatoms. The molecule has 0 unspecified atom stereocenters. The average Bonchev–Trinajstić information content (AvgIpc) is 2.71. The number of hydrogen-bond acceptors (Lipinski definition) is 4. The van der Waals surface area contributed by atoms with Gasteiger partial charge in [0.15, 0.2) is 0 Å². The van der Waals surface area contributed by atoms with Crippen molar-refractivity contribution in [3.8, 4) is 6.07 Å². The number of amides is 2. The first kappa shape index (κ1) is 19.0. The molecule has 0 saturated heterocycles. The Labute approximate surface area is 164 Å². The van der Waals surface area contributed by atoms with Gasteiger partial charge in [-0.25, -0.2) is 4.39 Å². The molecule has 0 spiro atoms. The Kier molecular flexibility index (Phi) is 5.63. The van der Waals surface area contributed by atoms with Gasteiger partial charge < -0.3 is 10.6 Å². The van der Waals surface area contributed by atoms with E-state index in [9.17, 15) is 14.0 Å². The molecule has 0 aliphatic carbocycles. The summed E-state index contributed by atoms with van der Waals surface area (Å²) in [6, 6.07) is 13.6. The lowest BCUT2D eigenvalue weighted by molar-refractivity contribution is 0.102. The van der Waals surface area contributed by atoms with Gasteiger partial charge in [0.2, 0.25) is 0 Å². The highest BCUT2D eigenvalue weighted by atomic mass is 35.5. The summed E-state index contributed by atoms with van der Waals surface area (Å²) in [5, 5.41) is 14.0. The molecule has 138 valence electrons. The molecular formula is C20H12ClFN4O2. The molecule has 0 radical (unpaired) electrons. The molecular weight excluding hydrogens is 383 g/mol. The second kappa shape index (κ2) is 8.29. The molecule has 6 nitrogen and oxygen atoms in total. The fourth-order valence-electron chi connectivity index (χ4n) is 2.34. The van der Waals surface area contributed by atoms with E-state index in [2.05, 4.69) is 15.6 Å². The van der Waals surface area contributed by atoms with Gasteiger partial charge >= 0.3 is 0 Å². The molecule has 0 bridgehead atoms. The maximum Gasteiger partial charge on any atom is 0.257 e. The van der Waals surface area contributed by atoms with E-state index in [1.165, 1.54) is 36.7 Å². The summed E-state index contributed by atoms with van der Waals surface area (Å²) in [6.07, 6.45) is 2.61. The average molecular weight is 395 g/mol. The predicted octanol–water partition coefficient (Wildman–Crippen LogP) is 4.25. The summed E-state index contributed by atoms with van der Waals surface area (Å²) in [6.45, 7) is 0. The van der Waals surface area contributed by atoms with Crippen molar-refractivity contribution in [3.63, 3.8) is 0 Å². The van der Waals surface area contributed by atoms with Crippen LogP contribution in [0.2, 0.25) is 5.02 Å². The van der Waals surface area contributed by atoms with Crippen LogP contribution in [0, 0.1) is 17.1 Å². The molecule has 0 aliphatic heterocycles. The van der Waals surface area contributed by atoms with E-state index in [0.29, 0.717) is 16.9 Å². The number of nitrogens with zero attached hydrogens (tertiary/aromatic N) is 2. The number of nitriles is 1. The molecule has 2 amide bonds. The minimum Gasteiger partial charge on any atom is -0.322 e. The number of carbonyl (C=O) groups excluding carboxylic acids is 2. The third-order valence-corrected chi connectivity index (χ3v) is 3.98. The van der Waals surface area contributed by atoms with Gasteiger partial charge in [-0.05, 0) is 42.5 Å². The fourth-order valence-corrected chi connectivity index (χ4v) is 2.52. The first-order valence-electron chi connectivity index (χ1n) is 7.99. The number of rotatable bonds is 4. The molecule has 2 N–H and O–H groups in total. The summed E-state index contributed by atoms with van der Waals surface area (Å²) < 4.78 is 13.2. The van der Waals surface area contributed by atoms with E-state index in [-0.39, 0.29) is 16.1 Å². The fraction of sp³-hybridized carbons (Fsp3) is 0. The van der Waals surface area contributed by atoms with E-state index in [4.69, 9.17) is 16.9 Å².